The lowest BCUT2D eigenvalue weighted by Crippen LogP contribution is -2.07. The topological polar surface area (TPSA) is 71.8 Å². The number of thioether (sulfide) groups is 1. The van der Waals surface area contributed by atoms with Crippen LogP contribution in [0.25, 0.3) is 10.9 Å². The Morgan fingerprint density at radius 2 is 2.29 bits per heavy atom. The minimum atomic E-state index is -0.151. The van der Waals surface area contributed by atoms with Gasteiger partial charge < -0.3 is 10.7 Å². The van der Waals surface area contributed by atoms with Gasteiger partial charge >= 0.3 is 0 Å². The lowest BCUT2D eigenvalue weighted by Gasteiger charge is -2.11. The molecule has 0 aliphatic carbocycles. The molecule has 0 bridgehead atoms. The van der Waals surface area contributed by atoms with E-state index in [1.165, 1.54) is 6.33 Å². The first-order valence-electron chi connectivity index (χ1n) is 5.55. The first-order chi connectivity index (χ1) is 8.11. The largest absolute Gasteiger partial charge is 0.398 e. The number of nitrogens with zero attached hydrogens (tertiary/aromatic N) is 1. The number of anilines is 1. The normalized spacial score (nSPS) is 12.8. The lowest BCUT2D eigenvalue weighted by atomic mass is 10.2. The third kappa shape index (κ3) is 2.44. The Bertz CT molecular complexity index is 594. The monoisotopic (exact) mass is 249 g/mol. The standard InChI is InChI=1S/C12H15N3OS/c1-3-7(2)17-11-5-10-8(4-9(11)13)12(16)15-6-14-10/h4-7H,3,13H2,1-2H3,(H,14,15,16). The molecule has 0 saturated heterocycles. The quantitative estimate of drug-likeness (QED) is 0.647. The Kier molecular flexibility index (Phi) is 3.38. The molecule has 2 aromatic rings. The number of hydrogen-bond donors (Lipinski definition) is 2. The van der Waals surface area contributed by atoms with E-state index in [0.717, 1.165) is 11.3 Å². The van der Waals surface area contributed by atoms with Crippen molar-refractivity contribution in [2.24, 2.45) is 0 Å². The van der Waals surface area contributed by atoms with E-state index in [2.05, 4.69) is 23.8 Å². The van der Waals surface area contributed by atoms with Gasteiger partial charge in [-0.2, -0.15) is 0 Å². The predicted octanol–water partition coefficient (Wildman–Crippen LogP) is 2.40. The zero-order valence-corrected chi connectivity index (χ0v) is 10.7. The Morgan fingerprint density at radius 1 is 1.53 bits per heavy atom. The summed E-state index contributed by atoms with van der Waals surface area (Å²) in [7, 11) is 0. The maximum atomic E-state index is 11.6. The van der Waals surface area contributed by atoms with Crippen LogP contribution in [0.5, 0.6) is 0 Å². The van der Waals surface area contributed by atoms with Crippen molar-refractivity contribution < 1.29 is 0 Å². The van der Waals surface area contributed by atoms with Crippen LogP contribution in [-0.2, 0) is 0 Å². The molecule has 5 heteroatoms. The van der Waals surface area contributed by atoms with Gasteiger partial charge in [-0.05, 0) is 18.6 Å². The van der Waals surface area contributed by atoms with Crippen molar-refractivity contribution in [2.75, 3.05) is 5.73 Å². The summed E-state index contributed by atoms with van der Waals surface area (Å²) in [6, 6.07) is 3.59. The van der Waals surface area contributed by atoms with E-state index in [4.69, 9.17) is 5.73 Å². The van der Waals surface area contributed by atoms with Crippen molar-refractivity contribution in [3.63, 3.8) is 0 Å². The van der Waals surface area contributed by atoms with E-state index < -0.39 is 0 Å². The number of hydrogen-bond acceptors (Lipinski definition) is 4. The third-order valence-electron chi connectivity index (χ3n) is 2.68. The number of benzene rings is 1. The van der Waals surface area contributed by atoms with Gasteiger partial charge in [-0.1, -0.05) is 13.8 Å². The summed E-state index contributed by atoms with van der Waals surface area (Å²) in [5.74, 6) is 0. The van der Waals surface area contributed by atoms with Crippen molar-refractivity contribution in [3.8, 4) is 0 Å². The number of rotatable bonds is 3. The third-order valence-corrected chi connectivity index (χ3v) is 4.02. The number of aromatic amines is 1. The second-order valence-corrected chi connectivity index (χ2v) is 5.46. The van der Waals surface area contributed by atoms with E-state index >= 15 is 0 Å². The first kappa shape index (κ1) is 12.0. The molecular formula is C12H15N3OS. The minimum Gasteiger partial charge on any atom is -0.398 e. The second kappa shape index (κ2) is 4.79. The average molecular weight is 249 g/mol. The number of fused-ring (bicyclic) bond motifs is 1. The van der Waals surface area contributed by atoms with Crippen LogP contribution in [-0.4, -0.2) is 15.2 Å². The zero-order valence-electron chi connectivity index (χ0n) is 9.86. The van der Waals surface area contributed by atoms with Gasteiger partial charge in [0.15, 0.2) is 0 Å². The summed E-state index contributed by atoms with van der Waals surface area (Å²) in [5.41, 5.74) is 7.13. The highest BCUT2D eigenvalue weighted by Gasteiger charge is 2.09. The highest BCUT2D eigenvalue weighted by atomic mass is 32.2. The van der Waals surface area contributed by atoms with Crippen LogP contribution in [0, 0.1) is 0 Å². The van der Waals surface area contributed by atoms with Gasteiger partial charge in [0.25, 0.3) is 5.56 Å². The molecule has 1 aromatic heterocycles. The lowest BCUT2D eigenvalue weighted by molar-refractivity contribution is 0.906. The number of nitrogens with two attached hydrogens (primary N) is 1. The van der Waals surface area contributed by atoms with Gasteiger partial charge in [0, 0.05) is 15.8 Å². The van der Waals surface area contributed by atoms with Gasteiger partial charge in [0.2, 0.25) is 0 Å². The molecule has 0 radical (unpaired) electrons. The number of nitrogen functional groups attached to an aromatic ring is 1. The van der Waals surface area contributed by atoms with Crippen LogP contribution in [0.1, 0.15) is 20.3 Å². The van der Waals surface area contributed by atoms with Crippen molar-refractivity contribution >= 4 is 28.4 Å². The fraction of sp³-hybridized carbons (Fsp3) is 0.333. The Hall–Kier alpha value is -1.49. The fourth-order valence-electron chi connectivity index (χ4n) is 1.51. The maximum Gasteiger partial charge on any atom is 0.258 e. The van der Waals surface area contributed by atoms with Crippen LogP contribution < -0.4 is 11.3 Å². The van der Waals surface area contributed by atoms with E-state index in [1.807, 2.05) is 6.07 Å². The molecule has 0 fully saturated rings. The molecule has 90 valence electrons. The molecule has 0 amide bonds. The molecule has 0 saturated carbocycles. The van der Waals surface area contributed by atoms with Crippen molar-refractivity contribution in [1.29, 1.82) is 0 Å². The van der Waals surface area contributed by atoms with Crippen LogP contribution in [0.4, 0.5) is 5.69 Å². The summed E-state index contributed by atoms with van der Waals surface area (Å²) < 4.78 is 0. The molecule has 4 nitrogen and oxygen atoms in total. The minimum absolute atomic E-state index is 0.151. The molecule has 1 atom stereocenters. The van der Waals surface area contributed by atoms with Gasteiger partial charge in [0.1, 0.15) is 0 Å². The summed E-state index contributed by atoms with van der Waals surface area (Å²) in [5, 5.41) is 1.04. The van der Waals surface area contributed by atoms with E-state index in [-0.39, 0.29) is 5.56 Å². The smallest absolute Gasteiger partial charge is 0.258 e. The summed E-state index contributed by atoms with van der Waals surface area (Å²) in [6.07, 6.45) is 2.49. The van der Waals surface area contributed by atoms with Gasteiger partial charge in [-0.15, -0.1) is 11.8 Å². The Labute approximate surface area is 104 Å². The van der Waals surface area contributed by atoms with Crippen LogP contribution in [0.15, 0.2) is 28.2 Å². The number of H-pyrrole nitrogens is 1. The van der Waals surface area contributed by atoms with Crippen LogP contribution >= 0.6 is 11.8 Å². The summed E-state index contributed by atoms with van der Waals surface area (Å²) >= 11 is 1.71. The summed E-state index contributed by atoms with van der Waals surface area (Å²) in [6.45, 7) is 4.29. The molecular weight excluding hydrogens is 234 g/mol. The highest BCUT2D eigenvalue weighted by Crippen LogP contribution is 2.31. The van der Waals surface area contributed by atoms with Crippen molar-refractivity contribution in [1.82, 2.24) is 9.97 Å². The van der Waals surface area contributed by atoms with Crippen LogP contribution in [0.2, 0.25) is 0 Å². The predicted molar refractivity (Wildman–Crippen MR) is 72.4 cm³/mol. The molecule has 0 aliphatic heterocycles. The van der Waals surface area contributed by atoms with Gasteiger partial charge in [0.05, 0.1) is 17.2 Å². The molecule has 1 heterocycles. The molecule has 17 heavy (non-hydrogen) atoms. The van der Waals surface area contributed by atoms with Crippen LogP contribution in [0.3, 0.4) is 0 Å². The Morgan fingerprint density at radius 3 is 3.00 bits per heavy atom. The Balaban J connectivity index is 2.52. The van der Waals surface area contributed by atoms with Gasteiger partial charge in [-0.25, -0.2) is 4.98 Å². The maximum absolute atomic E-state index is 11.6. The molecule has 0 spiro atoms. The van der Waals surface area contributed by atoms with E-state index in [9.17, 15) is 4.79 Å². The molecule has 0 aliphatic rings. The van der Waals surface area contributed by atoms with Crippen molar-refractivity contribution in [2.45, 2.75) is 30.4 Å². The zero-order chi connectivity index (χ0) is 12.4. The van der Waals surface area contributed by atoms with E-state index in [1.54, 1.807) is 17.8 Å². The number of nitrogens with one attached hydrogen (secondary N) is 1. The second-order valence-electron chi connectivity index (χ2n) is 3.98. The molecule has 1 aromatic carbocycles. The summed E-state index contributed by atoms with van der Waals surface area (Å²) in [4.78, 5) is 19.2. The van der Waals surface area contributed by atoms with Crippen molar-refractivity contribution in [3.05, 3.63) is 28.8 Å². The SMILES string of the molecule is CCC(C)Sc1cc2nc[nH]c(=O)c2cc1N. The van der Waals surface area contributed by atoms with Gasteiger partial charge in [-0.3, -0.25) is 4.79 Å². The first-order valence-corrected chi connectivity index (χ1v) is 6.43. The molecule has 2 rings (SSSR count). The van der Waals surface area contributed by atoms with E-state index in [0.29, 0.717) is 21.8 Å². The highest BCUT2D eigenvalue weighted by molar-refractivity contribution is 8.00. The number of aromatic nitrogens is 2. The molecule has 3 N–H and O–H groups in total. The fourth-order valence-corrected chi connectivity index (χ4v) is 2.49. The average Bonchev–Trinajstić information content (AvgIpc) is 2.31. The molecule has 1 unspecified atom stereocenters.